The van der Waals surface area contributed by atoms with Crippen molar-refractivity contribution in [2.24, 2.45) is 0 Å². The highest BCUT2D eigenvalue weighted by atomic mass is 35.5. The van der Waals surface area contributed by atoms with E-state index in [-0.39, 0.29) is 6.03 Å². The first-order chi connectivity index (χ1) is 7.15. The van der Waals surface area contributed by atoms with Crippen molar-refractivity contribution in [1.29, 1.82) is 0 Å². The minimum atomic E-state index is -0.264. The van der Waals surface area contributed by atoms with Crippen LogP contribution in [0.3, 0.4) is 0 Å². The van der Waals surface area contributed by atoms with Crippen LogP contribution in [0.25, 0.3) is 0 Å². The minimum absolute atomic E-state index is 0.264. The molecule has 1 rings (SSSR count). The van der Waals surface area contributed by atoms with E-state index in [1.807, 2.05) is 6.92 Å². The van der Waals surface area contributed by atoms with Crippen LogP contribution in [-0.2, 0) is 0 Å². The average molecular weight is 225 g/mol. The molecular formula is C11H13ClN2O. The number of benzene rings is 1. The summed E-state index contributed by atoms with van der Waals surface area (Å²) in [4.78, 5) is 11.3. The van der Waals surface area contributed by atoms with E-state index in [4.69, 9.17) is 11.6 Å². The Morgan fingerprint density at radius 1 is 1.60 bits per heavy atom. The Morgan fingerprint density at radius 3 is 3.00 bits per heavy atom. The number of nitrogens with one attached hydrogen (secondary N) is 2. The van der Waals surface area contributed by atoms with Crippen molar-refractivity contribution < 1.29 is 4.79 Å². The fourth-order valence-corrected chi connectivity index (χ4v) is 1.25. The molecule has 0 aliphatic heterocycles. The molecule has 80 valence electrons. The molecule has 3 nitrogen and oxygen atoms in total. The molecule has 0 saturated carbocycles. The summed E-state index contributed by atoms with van der Waals surface area (Å²) >= 11 is 5.91. The van der Waals surface area contributed by atoms with Crippen LogP contribution in [-0.4, -0.2) is 12.6 Å². The van der Waals surface area contributed by atoms with Gasteiger partial charge in [0.15, 0.2) is 0 Å². The summed E-state index contributed by atoms with van der Waals surface area (Å²) in [7, 11) is 0. The Hall–Kier alpha value is -1.48. The van der Waals surface area contributed by atoms with E-state index in [0.717, 1.165) is 5.56 Å². The van der Waals surface area contributed by atoms with Crippen molar-refractivity contribution >= 4 is 23.3 Å². The van der Waals surface area contributed by atoms with Crippen LogP contribution in [0.5, 0.6) is 0 Å². The van der Waals surface area contributed by atoms with E-state index < -0.39 is 0 Å². The third kappa shape index (κ3) is 3.29. The zero-order chi connectivity index (χ0) is 11.3. The first-order valence-electron chi connectivity index (χ1n) is 4.56. The second-order valence-corrected chi connectivity index (χ2v) is 3.44. The van der Waals surface area contributed by atoms with Crippen LogP contribution in [0.1, 0.15) is 5.56 Å². The molecule has 0 aliphatic rings. The Balaban J connectivity index is 2.68. The number of halogens is 1. The van der Waals surface area contributed by atoms with E-state index in [1.165, 1.54) is 0 Å². The van der Waals surface area contributed by atoms with Crippen molar-refractivity contribution in [3.05, 3.63) is 41.4 Å². The van der Waals surface area contributed by atoms with Crippen molar-refractivity contribution in [3.63, 3.8) is 0 Å². The number of hydrogen-bond acceptors (Lipinski definition) is 1. The lowest BCUT2D eigenvalue weighted by Gasteiger charge is -2.09. The maximum Gasteiger partial charge on any atom is 0.319 e. The van der Waals surface area contributed by atoms with E-state index in [2.05, 4.69) is 17.2 Å². The van der Waals surface area contributed by atoms with Crippen LogP contribution >= 0.6 is 11.6 Å². The maximum atomic E-state index is 11.3. The number of carbonyl (C=O) groups excluding carboxylic acids is 1. The number of amides is 2. The molecule has 0 heterocycles. The number of urea groups is 1. The summed E-state index contributed by atoms with van der Waals surface area (Å²) in [6.07, 6.45) is 1.62. The van der Waals surface area contributed by atoms with Gasteiger partial charge >= 0.3 is 6.03 Å². The van der Waals surface area contributed by atoms with Gasteiger partial charge in [0.1, 0.15) is 0 Å². The molecule has 0 unspecified atom stereocenters. The highest BCUT2D eigenvalue weighted by molar-refractivity contribution is 6.31. The van der Waals surface area contributed by atoms with Gasteiger partial charge in [0, 0.05) is 17.3 Å². The first kappa shape index (κ1) is 11.6. The number of carbonyl (C=O) groups is 1. The fraction of sp³-hybridized carbons (Fsp3) is 0.182. The summed E-state index contributed by atoms with van der Waals surface area (Å²) < 4.78 is 0. The van der Waals surface area contributed by atoms with Crippen molar-refractivity contribution in [2.45, 2.75) is 6.92 Å². The molecule has 0 atom stereocenters. The predicted octanol–water partition coefficient (Wildman–Crippen LogP) is 2.96. The molecule has 0 bridgehead atoms. The fourth-order valence-electron chi connectivity index (χ4n) is 1.07. The van der Waals surface area contributed by atoms with E-state index >= 15 is 0 Å². The summed E-state index contributed by atoms with van der Waals surface area (Å²) in [6.45, 7) is 5.80. The van der Waals surface area contributed by atoms with Crippen molar-refractivity contribution in [3.8, 4) is 0 Å². The largest absolute Gasteiger partial charge is 0.334 e. The van der Waals surface area contributed by atoms with Gasteiger partial charge in [-0.3, -0.25) is 0 Å². The quantitative estimate of drug-likeness (QED) is 0.762. The Bertz CT molecular complexity index is 377. The first-order valence-corrected chi connectivity index (χ1v) is 4.94. The predicted molar refractivity (Wildman–Crippen MR) is 63.4 cm³/mol. The SMILES string of the molecule is C=CCNC(=O)Nc1cccc(Cl)c1C. The van der Waals surface area contributed by atoms with Crippen LogP contribution in [0.4, 0.5) is 10.5 Å². The van der Waals surface area contributed by atoms with Gasteiger partial charge < -0.3 is 10.6 Å². The van der Waals surface area contributed by atoms with Gasteiger partial charge in [0.2, 0.25) is 0 Å². The zero-order valence-corrected chi connectivity index (χ0v) is 9.27. The van der Waals surface area contributed by atoms with Crippen LogP contribution in [0.15, 0.2) is 30.9 Å². The third-order valence-corrected chi connectivity index (χ3v) is 2.33. The number of hydrogen-bond donors (Lipinski definition) is 2. The lowest BCUT2D eigenvalue weighted by atomic mass is 10.2. The van der Waals surface area contributed by atoms with Gasteiger partial charge in [0.25, 0.3) is 0 Å². The second-order valence-electron chi connectivity index (χ2n) is 3.04. The second kappa shape index (κ2) is 5.41. The molecule has 1 aromatic carbocycles. The molecule has 0 spiro atoms. The van der Waals surface area contributed by atoms with Crippen LogP contribution in [0.2, 0.25) is 5.02 Å². The smallest absolute Gasteiger partial charge is 0.319 e. The topological polar surface area (TPSA) is 41.1 Å². The molecule has 0 aliphatic carbocycles. The monoisotopic (exact) mass is 224 g/mol. The molecule has 15 heavy (non-hydrogen) atoms. The molecule has 0 aromatic heterocycles. The summed E-state index contributed by atoms with van der Waals surface area (Å²) in [6, 6.07) is 5.11. The number of rotatable bonds is 3. The van der Waals surface area contributed by atoms with E-state index in [0.29, 0.717) is 17.3 Å². The molecule has 0 saturated heterocycles. The van der Waals surface area contributed by atoms with Gasteiger partial charge in [-0.2, -0.15) is 0 Å². The van der Waals surface area contributed by atoms with Crippen LogP contribution in [0, 0.1) is 6.92 Å². The molecule has 0 radical (unpaired) electrons. The maximum absolute atomic E-state index is 11.3. The normalized spacial score (nSPS) is 9.47. The number of anilines is 1. The van der Waals surface area contributed by atoms with Gasteiger partial charge in [-0.1, -0.05) is 23.7 Å². The highest BCUT2D eigenvalue weighted by Gasteiger charge is 2.04. The average Bonchev–Trinajstić information content (AvgIpc) is 2.22. The van der Waals surface area contributed by atoms with E-state index in [1.54, 1.807) is 24.3 Å². The zero-order valence-electron chi connectivity index (χ0n) is 8.51. The minimum Gasteiger partial charge on any atom is -0.334 e. The van der Waals surface area contributed by atoms with Crippen LogP contribution < -0.4 is 10.6 Å². The molecule has 4 heteroatoms. The van der Waals surface area contributed by atoms with Gasteiger partial charge in [0.05, 0.1) is 0 Å². The van der Waals surface area contributed by atoms with Crippen molar-refractivity contribution in [2.75, 3.05) is 11.9 Å². The van der Waals surface area contributed by atoms with Gasteiger partial charge in [-0.25, -0.2) is 4.79 Å². The molecule has 0 fully saturated rings. The molecule has 2 N–H and O–H groups in total. The van der Waals surface area contributed by atoms with Crippen molar-refractivity contribution in [1.82, 2.24) is 5.32 Å². The molecule has 2 amide bonds. The molecular weight excluding hydrogens is 212 g/mol. The summed E-state index contributed by atoms with van der Waals surface area (Å²) in [5.74, 6) is 0. The standard InChI is InChI=1S/C11H13ClN2O/c1-3-7-13-11(15)14-10-6-4-5-9(12)8(10)2/h3-6H,1,7H2,2H3,(H2,13,14,15). The third-order valence-electron chi connectivity index (χ3n) is 1.92. The Kier molecular flexibility index (Phi) is 4.18. The van der Waals surface area contributed by atoms with Gasteiger partial charge in [-0.05, 0) is 24.6 Å². The summed E-state index contributed by atoms with van der Waals surface area (Å²) in [5.41, 5.74) is 1.57. The van der Waals surface area contributed by atoms with E-state index in [9.17, 15) is 4.79 Å². The lowest BCUT2D eigenvalue weighted by molar-refractivity contribution is 0.253. The highest BCUT2D eigenvalue weighted by Crippen LogP contribution is 2.22. The lowest BCUT2D eigenvalue weighted by Crippen LogP contribution is -2.28. The molecule has 1 aromatic rings. The Morgan fingerprint density at radius 2 is 2.33 bits per heavy atom. The Labute approximate surface area is 94.1 Å². The van der Waals surface area contributed by atoms with Gasteiger partial charge in [-0.15, -0.1) is 6.58 Å². The summed E-state index contributed by atoms with van der Waals surface area (Å²) in [5, 5.41) is 5.96.